The van der Waals surface area contributed by atoms with Gasteiger partial charge < -0.3 is 0 Å². The molecule has 0 amide bonds. The number of tetrazole rings is 1. The van der Waals surface area contributed by atoms with Gasteiger partial charge in [-0.25, -0.2) is 9.36 Å². The molecule has 0 unspecified atom stereocenters. The van der Waals surface area contributed by atoms with Gasteiger partial charge in [0.1, 0.15) is 6.33 Å². The van der Waals surface area contributed by atoms with E-state index in [4.69, 9.17) is 0 Å². The van der Waals surface area contributed by atoms with Crippen molar-refractivity contribution in [3.8, 4) is 16.8 Å². The maximum atomic E-state index is 13.3. The topological polar surface area (TPSA) is 87.6 Å². The lowest BCUT2D eigenvalue weighted by Gasteiger charge is -2.22. The van der Waals surface area contributed by atoms with Crippen molar-refractivity contribution in [3.05, 3.63) is 82.8 Å². The Hall–Kier alpha value is -3.81. The number of nitrogens with zero attached hydrogens (tertiary/aromatic N) is 6. The summed E-state index contributed by atoms with van der Waals surface area (Å²) >= 11 is 0. The molecule has 2 aromatic heterocycles. The molecule has 0 aliphatic heterocycles. The molecule has 1 aliphatic rings. The summed E-state index contributed by atoms with van der Waals surface area (Å²) in [5.74, 6) is 0.206. The maximum absolute atomic E-state index is 13.3. The highest BCUT2D eigenvalue weighted by Crippen LogP contribution is 2.33. The van der Waals surface area contributed by atoms with Crippen LogP contribution in [0.5, 0.6) is 0 Å². The van der Waals surface area contributed by atoms with E-state index < -0.39 is 0 Å². The van der Waals surface area contributed by atoms with Gasteiger partial charge in [0, 0.05) is 29.8 Å². The summed E-state index contributed by atoms with van der Waals surface area (Å²) in [6.45, 7) is 2.41. The van der Waals surface area contributed by atoms with Crippen LogP contribution in [0.25, 0.3) is 16.8 Å². The Balaban J connectivity index is 1.46. The minimum Gasteiger partial charge on any atom is -0.291 e. The largest absolute Gasteiger partial charge is 0.335 e. The summed E-state index contributed by atoms with van der Waals surface area (Å²) in [4.78, 5) is 25.9. The average Bonchev–Trinajstić information content (AvgIpc) is 3.54. The Morgan fingerprint density at radius 1 is 1.03 bits per heavy atom. The zero-order chi connectivity index (χ0) is 24.2. The Morgan fingerprint density at radius 2 is 1.80 bits per heavy atom. The Kier molecular flexibility index (Phi) is 6.70. The lowest BCUT2D eigenvalue weighted by atomic mass is 9.87. The minimum atomic E-state index is -0.225. The predicted octanol–water partition coefficient (Wildman–Crippen LogP) is 4.83. The first kappa shape index (κ1) is 23.0. The zero-order valence-electron chi connectivity index (χ0n) is 20.0. The van der Waals surface area contributed by atoms with Crippen molar-refractivity contribution in [1.82, 2.24) is 29.3 Å². The second-order valence-corrected chi connectivity index (χ2v) is 9.24. The smallest absolute Gasteiger partial charge is 0.291 e. The van der Waals surface area contributed by atoms with Crippen LogP contribution in [-0.2, 0) is 6.54 Å². The highest BCUT2D eigenvalue weighted by Gasteiger charge is 2.24. The summed E-state index contributed by atoms with van der Waals surface area (Å²) in [6, 6.07) is 16.2. The molecule has 1 aliphatic carbocycles. The molecule has 0 radical (unpaired) electrons. The first-order valence-electron chi connectivity index (χ1n) is 12.4. The molecule has 4 aromatic rings. The lowest BCUT2D eigenvalue weighted by molar-refractivity contribution is 0.0897. The van der Waals surface area contributed by atoms with Gasteiger partial charge in [-0.3, -0.25) is 9.36 Å². The van der Waals surface area contributed by atoms with Crippen molar-refractivity contribution in [1.29, 1.82) is 0 Å². The van der Waals surface area contributed by atoms with E-state index in [2.05, 4.69) is 27.7 Å². The Morgan fingerprint density at radius 3 is 2.51 bits per heavy atom. The molecule has 0 spiro atoms. The number of aromatic nitrogens is 6. The number of carbonyl (C=O) groups is 1. The van der Waals surface area contributed by atoms with E-state index in [0.29, 0.717) is 18.9 Å². The van der Waals surface area contributed by atoms with Crippen molar-refractivity contribution in [3.63, 3.8) is 0 Å². The molecule has 180 valence electrons. The predicted molar refractivity (Wildman–Crippen MR) is 134 cm³/mol. The Bertz CT molecular complexity index is 1350. The molecule has 5 rings (SSSR count). The molecule has 2 heterocycles. The molecule has 0 atom stereocenters. The summed E-state index contributed by atoms with van der Waals surface area (Å²) in [6.07, 6.45) is 10.2. The summed E-state index contributed by atoms with van der Waals surface area (Å²) in [5, 5.41) is 11.5. The van der Waals surface area contributed by atoms with Crippen molar-refractivity contribution in [2.45, 2.75) is 64.3 Å². The molecule has 35 heavy (non-hydrogen) atoms. The zero-order valence-corrected chi connectivity index (χ0v) is 20.0. The number of benzene rings is 2. The van der Waals surface area contributed by atoms with E-state index in [1.807, 2.05) is 54.1 Å². The van der Waals surface area contributed by atoms with Crippen LogP contribution in [0.15, 0.2) is 65.8 Å². The third-order valence-electron chi connectivity index (χ3n) is 6.87. The van der Waals surface area contributed by atoms with Gasteiger partial charge in [-0.2, -0.15) is 4.68 Å². The van der Waals surface area contributed by atoms with Gasteiger partial charge in [-0.15, -0.1) is 5.10 Å². The standard InChI is InChI=1S/C27H30N6O2/c1-2-8-26(34)32-18-25(22-9-4-3-5-10-22)31(27(32)35)17-20-13-15-21(16-14-20)23-11-6-7-12-24(23)33-19-28-29-30-33/h6-7,11-16,18-19,22H,2-5,8-10,17H2,1H3. The molecular weight excluding hydrogens is 440 g/mol. The summed E-state index contributed by atoms with van der Waals surface area (Å²) < 4.78 is 4.80. The molecule has 0 saturated heterocycles. The van der Waals surface area contributed by atoms with Crippen LogP contribution in [0.1, 0.15) is 73.8 Å². The van der Waals surface area contributed by atoms with Crippen LogP contribution >= 0.6 is 0 Å². The first-order chi connectivity index (χ1) is 17.2. The van der Waals surface area contributed by atoms with E-state index in [1.165, 1.54) is 23.8 Å². The lowest BCUT2D eigenvalue weighted by Crippen LogP contribution is -2.29. The third-order valence-corrected chi connectivity index (χ3v) is 6.87. The fourth-order valence-corrected chi connectivity index (χ4v) is 5.06. The summed E-state index contributed by atoms with van der Waals surface area (Å²) in [5.41, 5.74) is 4.74. The normalized spacial score (nSPS) is 14.3. The van der Waals surface area contributed by atoms with Crippen LogP contribution in [0.3, 0.4) is 0 Å². The van der Waals surface area contributed by atoms with Crippen LogP contribution in [-0.4, -0.2) is 35.2 Å². The maximum Gasteiger partial charge on any atom is 0.335 e. The second-order valence-electron chi connectivity index (χ2n) is 9.24. The van der Waals surface area contributed by atoms with Gasteiger partial charge >= 0.3 is 5.69 Å². The van der Waals surface area contributed by atoms with Gasteiger partial charge in [0.2, 0.25) is 5.91 Å². The minimum absolute atomic E-state index is 0.122. The van der Waals surface area contributed by atoms with E-state index in [1.54, 1.807) is 11.0 Å². The molecule has 1 fully saturated rings. The number of imidazole rings is 1. The van der Waals surface area contributed by atoms with E-state index >= 15 is 0 Å². The van der Waals surface area contributed by atoms with Gasteiger partial charge in [0.15, 0.2) is 0 Å². The fourth-order valence-electron chi connectivity index (χ4n) is 5.06. The van der Waals surface area contributed by atoms with Crippen LogP contribution in [0.4, 0.5) is 0 Å². The number of rotatable bonds is 7. The van der Waals surface area contributed by atoms with Crippen LogP contribution in [0.2, 0.25) is 0 Å². The van der Waals surface area contributed by atoms with Crippen LogP contribution in [0, 0.1) is 0 Å². The quantitative estimate of drug-likeness (QED) is 0.386. The highest BCUT2D eigenvalue weighted by molar-refractivity contribution is 5.78. The Labute approximate surface area is 204 Å². The van der Waals surface area contributed by atoms with Crippen molar-refractivity contribution in [2.75, 3.05) is 0 Å². The van der Waals surface area contributed by atoms with E-state index in [9.17, 15) is 9.59 Å². The van der Waals surface area contributed by atoms with Gasteiger partial charge in [-0.1, -0.05) is 68.7 Å². The van der Waals surface area contributed by atoms with E-state index in [0.717, 1.165) is 47.3 Å². The molecule has 0 bridgehead atoms. The molecule has 1 saturated carbocycles. The number of para-hydroxylation sites is 1. The van der Waals surface area contributed by atoms with Crippen molar-refractivity contribution in [2.24, 2.45) is 0 Å². The van der Waals surface area contributed by atoms with Gasteiger partial charge in [0.25, 0.3) is 0 Å². The van der Waals surface area contributed by atoms with Crippen molar-refractivity contribution < 1.29 is 4.79 Å². The molecule has 8 heteroatoms. The first-order valence-corrected chi connectivity index (χ1v) is 12.4. The summed E-state index contributed by atoms with van der Waals surface area (Å²) in [7, 11) is 0. The molecular formula is C27H30N6O2. The number of carbonyl (C=O) groups excluding carboxylic acids is 1. The average molecular weight is 471 g/mol. The molecule has 0 N–H and O–H groups in total. The third kappa shape index (κ3) is 4.73. The second kappa shape index (κ2) is 10.2. The molecule has 2 aromatic carbocycles. The van der Waals surface area contributed by atoms with E-state index in [-0.39, 0.29) is 11.6 Å². The van der Waals surface area contributed by atoms with Crippen LogP contribution < -0.4 is 5.69 Å². The monoisotopic (exact) mass is 470 g/mol. The number of hydrogen-bond donors (Lipinski definition) is 0. The highest BCUT2D eigenvalue weighted by atomic mass is 16.2. The van der Waals surface area contributed by atoms with Crippen molar-refractivity contribution >= 4 is 5.91 Å². The number of hydrogen-bond acceptors (Lipinski definition) is 5. The van der Waals surface area contributed by atoms with Gasteiger partial charge in [0.05, 0.1) is 12.2 Å². The fraction of sp³-hybridized carbons (Fsp3) is 0.370. The molecule has 8 nitrogen and oxygen atoms in total. The SMILES string of the molecule is CCCC(=O)n1cc(C2CCCCC2)n(Cc2ccc(-c3ccccc3-n3cnnn3)cc2)c1=O. The van der Waals surface area contributed by atoms with Gasteiger partial charge in [-0.05, 0) is 46.9 Å².